The summed E-state index contributed by atoms with van der Waals surface area (Å²) in [5, 5.41) is 8.68. The Morgan fingerprint density at radius 1 is 1.19 bits per heavy atom. The van der Waals surface area contributed by atoms with Crippen LogP contribution in [0.5, 0.6) is 5.75 Å². The third-order valence-electron chi connectivity index (χ3n) is 4.64. The Balaban J connectivity index is 1.57. The summed E-state index contributed by atoms with van der Waals surface area (Å²) in [6.07, 6.45) is 0.696. The van der Waals surface area contributed by atoms with Crippen LogP contribution < -0.4 is 15.6 Å². The standard InChI is InChI=1S/C20H19N3O3/c1-13-14-6-2-3-7-15(14)20(25)23(22-13)12-19(24)21-17-10-11-26-18-9-5-4-8-16(17)18/h2-9,17H,10-12H2,1H3,(H,21,24)/t17-/m1/s1. The maximum absolute atomic E-state index is 12.6. The Hall–Kier alpha value is -3.15. The van der Waals surface area contributed by atoms with Crippen molar-refractivity contribution in [1.29, 1.82) is 0 Å². The van der Waals surface area contributed by atoms with Gasteiger partial charge in [-0.2, -0.15) is 5.10 Å². The molecule has 2 aromatic carbocycles. The molecule has 0 unspecified atom stereocenters. The SMILES string of the molecule is Cc1nn(CC(=O)N[C@@H]2CCOc3ccccc32)c(=O)c2ccccc12. The van der Waals surface area contributed by atoms with Crippen LogP contribution in [0.25, 0.3) is 10.8 Å². The number of fused-ring (bicyclic) bond motifs is 2. The van der Waals surface area contributed by atoms with Crippen LogP contribution in [-0.2, 0) is 11.3 Å². The largest absolute Gasteiger partial charge is 0.493 e. The first-order valence-electron chi connectivity index (χ1n) is 8.61. The number of nitrogens with one attached hydrogen (secondary N) is 1. The minimum atomic E-state index is -0.256. The molecule has 6 nitrogen and oxygen atoms in total. The zero-order valence-electron chi connectivity index (χ0n) is 14.4. The lowest BCUT2D eigenvalue weighted by Gasteiger charge is -2.26. The highest BCUT2D eigenvalue weighted by Crippen LogP contribution is 2.31. The Bertz CT molecular complexity index is 1040. The monoisotopic (exact) mass is 349 g/mol. The van der Waals surface area contributed by atoms with Crippen LogP contribution in [0.3, 0.4) is 0 Å². The number of aromatic nitrogens is 2. The molecule has 1 aromatic heterocycles. The van der Waals surface area contributed by atoms with E-state index in [1.807, 2.05) is 49.4 Å². The van der Waals surface area contributed by atoms with Gasteiger partial charge in [0, 0.05) is 17.4 Å². The molecule has 4 rings (SSSR count). The fourth-order valence-corrected chi connectivity index (χ4v) is 3.38. The van der Waals surface area contributed by atoms with E-state index in [2.05, 4.69) is 10.4 Å². The number of carbonyl (C=O) groups is 1. The second-order valence-electron chi connectivity index (χ2n) is 6.39. The van der Waals surface area contributed by atoms with Crippen LogP contribution in [0.2, 0.25) is 0 Å². The zero-order valence-corrected chi connectivity index (χ0v) is 14.4. The van der Waals surface area contributed by atoms with Crippen molar-refractivity contribution in [2.45, 2.75) is 25.9 Å². The third kappa shape index (κ3) is 2.94. The van der Waals surface area contributed by atoms with Crippen molar-refractivity contribution in [1.82, 2.24) is 15.1 Å². The molecule has 0 saturated carbocycles. The molecule has 2 heterocycles. The molecule has 0 radical (unpaired) electrons. The normalized spacial score (nSPS) is 16.0. The highest BCUT2D eigenvalue weighted by Gasteiger charge is 2.23. The van der Waals surface area contributed by atoms with Gasteiger partial charge in [-0.05, 0) is 19.1 Å². The summed E-state index contributed by atoms with van der Waals surface area (Å²) in [6, 6.07) is 14.9. The number of para-hydroxylation sites is 1. The van der Waals surface area contributed by atoms with Gasteiger partial charge in [0.25, 0.3) is 5.56 Å². The van der Waals surface area contributed by atoms with E-state index in [1.54, 1.807) is 6.07 Å². The lowest BCUT2D eigenvalue weighted by Crippen LogP contribution is -2.37. The summed E-state index contributed by atoms with van der Waals surface area (Å²) >= 11 is 0. The van der Waals surface area contributed by atoms with Crippen LogP contribution in [0.4, 0.5) is 0 Å². The quantitative estimate of drug-likeness (QED) is 0.788. The van der Waals surface area contributed by atoms with Crippen molar-refractivity contribution in [2.24, 2.45) is 0 Å². The molecule has 6 heteroatoms. The topological polar surface area (TPSA) is 73.2 Å². The lowest BCUT2D eigenvalue weighted by molar-refractivity contribution is -0.122. The number of aryl methyl sites for hydroxylation is 1. The lowest BCUT2D eigenvalue weighted by atomic mass is 10.0. The van der Waals surface area contributed by atoms with Gasteiger partial charge in [-0.3, -0.25) is 9.59 Å². The average molecular weight is 349 g/mol. The maximum atomic E-state index is 12.6. The van der Waals surface area contributed by atoms with Gasteiger partial charge in [-0.1, -0.05) is 36.4 Å². The molecule has 0 spiro atoms. The summed E-state index contributed by atoms with van der Waals surface area (Å²) < 4.78 is 6.85. The predicted molar refractivity (Wildman–Crippen MR) is 98.2 cm³/mol. The van der Waals surface area contributed by atoms with Crippen molar-refractivity contribution in [3.05, 3.63) is 70.1 Å². The molecule has 3 aromatic rings. The number of carbonyl (C=O) groups excluding carboxylic acids is 1. The number of hydrogen-bond donors (Lipinski definition) is 1. The molecule has 0 bridgehead atoms. The summed E-state index contributed by atoms with van der Waals surface area (Å²) in [5.41, 5.74) is 1.43. The summed E-state index contributed by atoms with van der Waals surface area (Å²) in [6.45, 7) is 2.28. The van der Waals surface area contributed by atoms with Crippen LogP contribution in [0.15, 0.2) is 53.3 Å². The van der Waals surface area contributed by atoms with Gasteiger partial charge in [0.1, 0.15) is 12.3 Å². The minimum Gasteiger partial charge on any atom is -0.493 e. The van der Waals surface area contributed by atoms with Gasteiger partial charge in [0.2, 0.25) is 5.91 Å². The van der Waals surface area contributed by atoms with Gasteiger partial charge in [0.05, 0.1) is 23.7 Å². The first-order valence-corrected chi connectivity index (χ1v) is 8.61. The minimum absolute atomic E-state index is 0.107. The molecule has 1 atom stereocenters. The number of rotatable bonds is 3. The van der Waals surface area contributed by atoms with E-state index in [0.717, 1.165) is 22.4 Å². The van der Waals surface area contributed by atoms with E-state index in [0.29, 0.717) is 18.4 Å². The summed E-state index contributed by atoms with van der Waals surface area (Å²) in [5.74, 6) is 0.553. The Morgan fingerprint density at radius 2 is 1.92 bits per heavy atom. The number of hydrogen-bond acceptors (Lipinski definition) is 4. The predicted octanol–water partition coefficient (Wildman–Crippen LogP) is 2.34. The van der Waals surface area contributed by atoms with E-state index < -0.39 is 0 Å². The van der Waals surface area contributed by atoms with Crippen LogP contribution >= 0.6 is 0 Å². The average Bonchev–Trinajstić information content (AvgIpc) is 2.66. The molecule has 0 aliphatic carbocycles. The molecule has 1 amide bonds. The number of ether oxygens (including phenoxy) is 1. The summed E-state index contributed by atoms with van der Waals surface area (Å²) in [4.78, 5) is 25.1. The van der Waals surface area contributed by atoms with E-state index in [-0.39, 0.29) is 24.1 Å². The van der Waals surface area contributed by atoms with Crippen molar-refractivity contribution in [3.63, 3.8) is 0 Å². The molecular weight excluding hydrogens is 330 g/mol. The number of benzene rings is 2. The van der Waals surface area contributed by atoms with E-state index in [1.165, 1.54) is 4.68 Å². The number of amides is 1. The maximum Gasteiger partial charge on any atom is 0.275 e. The first kappa shape index (κ1) is 16.3. The molecular formula is C20H19N3O3. The number of nitrogens with zero attached hydrogens (tertiary/aromatic N) is 2. The van der Waals surface area contributed by atoms with E-state index >= 15 is 0 Å². The summed E-state index contributed by atoms with van der Waals surface area (Å²) in [7, 11) is 0. The molecule has 1 aliphatic heterocycles. The second-order valence-corrected chi connectivity index (χ2v) is 6.39. The Morgan fingerprint density at radius 3 is 2.77 bits per heavy atom. The van der Waals surface area contributed by atoms with Crippen molar-refractivity contribution < 1.29 is 9.53 Å². The smallest absolute Gasteiger partial charge is 0.275 e. The van der Waals surface area contributed by atoms with E-state index in [4.69, 9.17) is 4.74 Å². The van der Waals surface area contributed by atoms with Gasteiger partial charge >= 0.3 is 0 Å². The van der Waals surface area contributed by atoms with Crippen molar-refractivity contribution in [3.8, 4) is 5.75 Å². The van der Waals surface area contributed by atoms with Crippen LogP contribution in [0.1, 0.15) is 23.7 Å². The fourth-order valence-electron chi connectivity index (χ4n) is 3.38. The van der Waals surface area contributed by atoms with Crippen molar-refractivity contribution in [2.75, 3.05) is 6.61 Å². The Labute approximate surface area is 150 Å². The first-order chi connectivity index (χ1) is 12.6. The van der Waals surface area contributed by atoms with Gasteiger partial charge < -0.3 is 10.1 Å². The third-order valence-corrected chi connectivity index (χ3v) is 4.64. The van der Waals surface area contributed by atoms with Gasteiger partial charge in [0.15, 0.2) is 0 Å². The molecule has 0 saturated heterocycles. The highest BCUT2D eigenvalue weighted by atomic mass is 16.5. The van der Waals surface area contributed by atoms with Gasteiger partial charge in [-0.25, -0.2) is 4.68 Å². The van der Waals surface area contributed by atoms with Crippen LogP contribution in [-0.4, -0.2) is 22.3 Å². The van der Waals surface area contributed by atoms with Crippen molar-refractivity contribution >= 4 is 16.7 Å². The molecule has 132 valence electrons. The van der Waals surface area contributed by atoms with Crippen LogP contribution in [0, 0.1) is 6.92 Å². The van der Waals surface area contributed by atoms with Gasteiger partial charge in [-0.15, -0.1) is 0 Å². The second kappa shape index (κ2) is 6.63. The fraction of sp³-hybridized carbons (Fsp3) is 0.250. The molecule has 26 heavy (non-hydrogen) atoms. The molecule has 0 fully saturated rings. The zero-order chi connectivity index (χ0) is 18.1. The highest BCUT2D eigenvalue weighted by molar-refractivity contribution is 5.83. The molecule has 1 N–H and O–H groups in total. The Kier molecular flexibility index (Phi) is 4.16. The molecule has 1 aliphatic rings. The van der Waals surface area contributed by atoms with E-state index in [9.17, 15) is 9.59 Å².